The number of allylic oxidation sites excluding steroid dienone is 1. The number of nitrogens with zero attached hydrogens (tertiary/aromatic N) is 1. The Labute approximate surface area is 220 Å². The number of aryl methyl sites for hydroxylation is 1. The lowest BCUT2D eigenvalue weighted by Gasteiger charge is -2.38. The van der Waals surface area contributed by atoms with Crippen molar-refractivity contribution in [3.63, 3.8) is 0 Å². The zero-order valence-electron chi connectivity index (χ0n) is 20.3. The maximum atomic E-state index is 13.9. The first-order chi connectivity index (χ1) is 17.8. The number of para-hydroxylation sites is 2. The number of rotatable bonds is 5. The van der Waals surface area contributed by atoms with Crippen molar-refractivity contribution in [3.05, 3.63) is 106 Å². The molecular weight excluding hydrogens is 488 g/mol. The molecule has 0 saturated heterocycles. The summed E-state index contributed by atoms with van der Waals surface area (Å²) in [6, 6.07) is 22.0. The molecule has 0 radical (unpaired) electrons. The van der Waals surface area contributed by atoms with Gasteiger partial charge in [-0.15, -0.1) is 0 Å². The standard InChI is InChI=1S/C30H27ClN2O4/c1-18-9-11-19(12-10-18)30-29-24(16-21(17-26(29)34)20-5-4-6-22(31)15-20)32-23-7-2-3-8-25(23)33(30)27(35)13-14-28(36)37/h2-12,15-16,21,29-30,32H,13-14,17H2,1H3,(H,36,37)/p-1. The van der Waals surface area contributed by atoms with Gasteiger partial charge in [0.25, 0.3) is 0 Å². The number of carbonyl (C=O) groups excluding carboxylic acids is 3. The number of amides is 1. The highest BCUT2D eigenvalue weighted by Gasteiger charge is 2.44. The fourth-order valence-corrected chi connectivity index (χ4v) is 5.48. The van der Waals surface area contributed by atoms with Crippen LogP contribution in [0.5, 0.6) is 0 Å². The molecule has 0 aromatic heterocycles. The van der Waals surface area contributed by atoms with Crippen LogP contribution in [0.2, 0.25) is 5.02 Å². The van der Waals surface area contributed by atoms with Crippen LogP contribution < -0.4 is 15.3 Å². The van der Waals surface area contributed by atoms with Gasteiger partial charge in [-0.1, -0.05) is 71.8 Å². The SMILES string of the molecule is Cc1ccc(C2C3C(=O)CC(c4cccc(Cl)c4)C=C3Nc3ccccc3N2C(=O)CCC(=O)[O-])cc1. The number of carbonyl (C=O) groups is 3. The van der Waals surface area contributed by atoms with Gasteiger partial charge in [-0.25, -0.2) is 0 Å². The summed E-state index contributed by atoms with van der Waals surface area (Å²) in [5, 5.41) is 15.3. The van der Waals surface area contributed by atoms with Gasteiger partial charge in [0.15, 0.2) is 0 Å². The molecule has 3 unspecified atom stereocenters. The van der Waals surface area contributed by atoms with Crippen LogP contribution in [0.4, 0.5) is 11.4 Å². The molecule has 3 aromatic rings. The van der Waals surface area contributed by atoms with E-state index in [2.05, 4.69) is 11.4 Å². The second kappa shape index (κ2) is 10.2. The number of halogens is 1. The van der Waals surface area contributed by atoms with Gasteiger partial charge in [0.05, 0.1) is 23.3 Å². The average molecular weight is 514 g/mol. The van der Waals surface area contributed by atoms with Crippen molar-refractivity contribution in [1.82, 2.24) is 0 Å². The Morgan fingerprint density at radius 2 is 1.76 bits per heavy atom. The number of carboxylic acids is 1. The fourth-order valence-electron chi connectivity index (χ4n) is 5.28. The van der Waals surface area contributed by atoms with E-state index in [1.165, 1.54) is 0 Å². The van der Waals surface area contributed by atoms with Crippen molar-refractivity contribution in [2.75, 3.05) is 10.2 Å². The summed E-state index contributed by atoms with van der Waals surface area (Å²) in [5.41, 5.74) is 4.79. The molecule has 1 heterocycles. The molecule has 0 spiro atoms. The fraction of sp³-hybridized carbons (Fsp3) is 0.233. The highest BCUT2D eigenvalue weighted by atomic mass is 35.5. The Morgan fingerprint density at radius 1 is 1.00 bits per heavy atom. The summed E-state index contributed by atoms with van der Waals surface area (Å²) in [6.07, 6.45) is 1.69. The highest BCUT2D eigenvalue weighted by molar-refractivity contribution is 6.30. The van der Waals surface area contributed by atoms with E-state index in [-0.39, 0.29) is 30.4 Å². The van der Waals surface area contributed by atoms with Crippen LogP contribution in [0, 0.1) is 12.8 Å². The number of Topliss-reactive ketones (excluding diaryl/α,β-unsaturated/α-hetero) is 1. The van der Waals surface area contributed by atoms with Crippen LogP contribution >= 0.6 is 11.6 Å². The number of aliphatic carboxylic acids is 1. The molecule has 0 saturated carbocycles. The molecular formula is C30H26ClN2O4-. The van der Waals surface area contributed by atoms with Crippen LogP contribution in [0.15, 0.2) is 84.6 Å². The number of nitrogens with one attached hydrogen (secondary N) is 1. The second-order valence-electron chi connectivity index (χ2n) is 9.57. The van der Waals surface area contributed by atoms with Crippen LogP contribution in [-0.2, 0) is 14.4 Å². The van der Waals surface area contributed by atoms with Crippen LogP contribution in [0.3, 0.4) is 0 Å². The number of hydrogen-bond acceptors (Lipinski definition) is 5. The summed E-state index contributed by atoms with van der Waals surface area (Å²) in [5.74, 6) is -2.50. The Bertz CT molecular complexity index is 1400. The Kier molecular flexibility index (Phi) is 6.85. The van der Waals surface area contributed by atoms with E-state index in [0.29, 0.717) is 16.4 Å². The first kappa shape index (κ1) is 24.8. The molecule has 37 heavy (non-hydrogen) atoms. The summed E-state index contributed by atoms with van der Waals surface area (Å²) in [4.78, 5) is 40.4. The monoisotopic (exact) mass is 513 g/mol. The highest BCUT2D eigenvalue weighted by Crippen LogP contribution is 2.48. The molecule has 3 aromatic carbocycles. The minimum atomic E-state index is -1.29. The van der Waals surface area contributed by atoms with Gasteiger partial charge in [-0.3, -0.25) is 9.59 Å². The molecule has 1 aliphatic carbocycles. The number of anilines is 2. The van der Waals surface area contributed by atoms with Gasteiger partial charge in [-0.05, 0) is 48.7 Å². The minimum Gasteiger partial charge on any atom is -0.550 e. The Morgan fingerprint density at radius 3 is 2.49 bits per heavy atom. The van der Waals surface area contributed by atoms with Crippen molar-refractivity contribution in [2.24, 2.45) is 5.92 Å². The maximum Gasteiger partial charge on any atom is 0.228 e. The predicted octanol–water partition coefficient (Wildman–Crippen LogP) is 4.94. The first-order valence-corrected chi connectivity index (χ1v) is 12.6. The van der Waals surface area contributed by atoms with Crippen molar-refractivity contribution < 1.29 is 19.5 Å². The van der Waals surface area contributed by atoms with E-state index in [9.17, 15) is 19.5 Å². The summed E-state index contributed by atoms with van der Waals surface area (Å²) in [7, 11) is 0. The lowest BCUT2D eigenvalue weighted by molar-refractivity contribution is -0.305. The van der Waals surface area contributed by atoms with Gasteiger partial charge >= 0.3 is 0 Å². The van der Waals surface area contributed by atoms with Crippen molar-refractivity contribution in [2.45, 2.75) is 38.1 Å². The van der Waals surface area contributed by atoms with Crippen molar-refractivity contribution >= 4 is 40.6 Å². The number of carboxylic acid groups (broad SMARTS) is 1. The molecule has 1 amide bonds. The molecule has 0 bridgehead atoms. The second-order valence-corrected chi connectivity index (χ2v) is 10.0. The third-order valence-electron chi connectivity index (χ3n) is 7.03. The molecule has 2 aliphatic rings. The van der Waals surface area contributed by atoms with Gasteiger partial charge in [0, 0.05) is 35.4 Å². The predicted molar refractivity (Wildman–Crippen MR) is 141 cm³/mol. The molecule has 6 nitrogen and oxygen atoms in total. The third kappa shape index (κ3) is 5.02. The topological polar surface area (TPSA) is 89.5 Å². The first-order valence-electron chi connectivity index (χ1n) is 12.3. The van der Waals surface area contributed by atoms with Gasteiger partial charge in [0.1, 0.15) is 5.78 Å². The number of hydrogen-bond donors (Lipinski definition) is 1. The van der Waals surface area contributed by atoms with Gasteiger partial charge in [-0.2, -0.15) is 0 Å². The van der Waals surface area contributed by atoms with E-state index in [1.807, 2.05) is 73.7 Å². The van der Waals surface area contributed by atoms with E-state index >= 15 is 0 Å². The van der Waals surface area contributed by atoms with Crippen LogP contribution in [0.25, 0.3) is 0 Å². The molecule has 7 heteroatoms. The van der Waals surface area contributed by atoms with Crippen LogP contribution in [-0.4, -0.2) is 17.7 Å². The van der Waals surface area contributed by atoms with Crippen LogP contribution in [0.1, 0.15) is 47.9 Å². The van der Waals surface area contributed by atoms with Gasteiger partial charge in [0.2, 0.25) is 5.91 Å². The lowest BCUT2D eigenvalue weighted by atomic mass is 9.76. The third-order valence-corrected chi connectivity index (χ3v) is 7.26. The largest absolute Gasteiger partial charge is 0.550 e. The molecule has 1 N–H and O–H groups in total. The van der Waals surface area contributed by atoms with Crippen molar-refractivity contribution in [1.29, 1.82) is 0 Å². The molecule has 5 rings (SSSR count). The van der Waals surface area contributed by atoms with E-state index in [0.717, 1.165) is 22.4 Å². The van der Waals surface area contributed by atoms with E-state index in [1.54, 1.807) is 11.0 Å². The lowest BCUT2D eigenvalue weighted by Crippen LogP contribution is -2.43. The quantitative estimate of drug-likeness (QED) is 0.522. The Balaban J connectivity index is 1.68. The molecule has 188 valence electrons. The normalized spacial score (nSPS) is 20.7. The minimum absolute atomic E-state index is 0.00828. The van der Waals surface area contributed by atoms with E-state index < -0.39 is 24.3 Å². The van der Waals surface area contributed by atoms with Gasteiger partial charge < -0.3 is 20.1 Å². The average Bonchev–Trinajstić information content (AvgIpc) is 3.02. The summed E-state index contributed by atoms with van der Waals surface area (Å²) in [6.45, 7) is 1.98. The van der Waals surface area contributed by atoms with E-state index in [4.69, 9.17) is 11.6 Å². The number of ketones is 1. The molecule has 1 aliphatic heterocycles. The number of fused-ring (bicyclic) bond motifs is 2. The number of benzene rings is 3. The summed E-state index contributed by atoms with van der Waals surface area (Å²) >= 11 is 6.24. The molecule has 3 atom stereocenters. The maximum absolute atomic E-state index is 13.9. The Hall–Kier alpha value is -3.90. The summed E-state index contributed by atoms with van der Waals surface area (Å²) < 4.78 is 0. The molecule has 0 fully saturated rings. The zero-order chi connectivity index (χ0) is 26.1. The zero-order valence-corrected chi connectivity index (χ0v) is 21.1. The van der Waals surface area contributed by atoms with Crippen molar-refractivity contribution in [3.8, 4) is 0 Å². The smallest absolute Gasteiger partial charge is 0.228 e.